The van der Waals surface area contributed by atoms with Crippen LogP contribution in [0.15, 0.2) is 0 Å². The van der Waals surface area contributed by atoms with Crippen molar-refractivity contribution in [2.75, 3.05) is 0 Å². The summed E-state index contributed by atoms with van der Waals surface area (Å²) in [6.07, 6.45) is 30.9. The summed E-state index contributed by atoms with van der Waals surface area (Å²) in [5.41, 5.74) is 0. The third-order valence-corrected chi connectivity index (χ3v) is 8.36. The lowest BCUT2D eigenvalue weighted by molar-refractivity contribution is -0.151. The highest BCUT2D eigenvalue weighted by Gasteiger charge is 2.18. The fraction of sp³-hybridized carbons (Fsp3) is 0.938. The summed E-state index contributed by atoms with van der Waals surface area (Å²) < 4.78 is 11.2. The van der Waals surface area contributed by atoms with Crippen molar-refractivity contribution < 1.29 is 19.1 Å². The van der Waals surface area contributed by atoms with Crippen molar-refractivity contribution in [3.05, 3.63) is 0 Å². The minimum absolute atomic E-state index is 0.0327. The average molecular weight is 507 g/mol. The fourth-order valence-electron chi connectivity index (χ4n) is 5.94. The molecule has 0 aromatic heterocycles. The Bertz CT molecular complexity index is 500. The van der Waals surface area contributed by atoms with Crippen molar-refractivity contribution in [1.29, 1.82) is 0 Å². The number of unbranched alkanes of at least 4 members (excludes halogenated alkanes) is 10. The average Bonchev–Trinajstić information content (AvgIpc) is 2.88. The third kappa shape index (κ3) is 16.6. The van der Waals surface area contributed by atoms with E-state index in [9.17, 15) is 9.59 Å². The molecule has 0 aromatic carbocycles. The number of hydrogen-bond donors (Lipinski definition) is 0. The minimum Gasteiger partial charge on any atom is -0.462 e. The van der Waals surface area contributed by atoms with Gasteiger partial charge < -0.3 is 9.47 Å². The highest BCUT2D eigenvalue weighted by atomic mass is 16.5. The van der Waals surface area contributed by atoms with Gasteiger partial charge in [-0.2, -0.15) is 0 Å². The fourth-order valence-corrected chi connectivity index (χ4v) is 5.94. The first-order chi connectivity index (χ1) is 17.6. The van der Waals surface area contributed by atoms with Crippen LogP contribution in [0, 0.1) is 5.92 Å². The number of esters is 2. The van der Waals surface area contributed by atoms with E-state index in [1.54, 1.807) is 0 Å². The molecule has 2 aliphatic carbocycles. The SMILES string of the molecule is CC(CCCCCCCCC(=O)OC1CCCCC1)CCCCCCCCC(=O)OC1CCCCC1. The van der Waals surface area contributed by atoms with Gasteiger partial charge in [0.1, 0.15) is 12.2 Å². The second-order valence-electron chi connectivity index (χ2n) is 11.9. The van der Waals surface area contributed by atoms with Crippen molar-refractivity contribution in [1.82, 2.24) is 0 Å². The van der Waals surface area contributed by atoms with E-state index in [0.717, 1.165) is 57.3 Å². The zero-order valence-electron chi connectivity index (χ0n) is 23.7. The highest BCUT2D eigenvalue weighted by Crippen LogP contribution is 2.23. The maximum Gasteiger partial charge on any atom is 0.306 e. The molecule has 0 spiro atoms. The van der Waals surface area contributed by atoms with Crippen LogP contribution in [0.3, 0.4) is 0 Å². The maximum absolute atomic E-state index is 11.9. The Balaban J connectivity index is 1.27. The van der Waals surface area contributed by atoms with E-state index in [1.807, 2.05) is 0 Å². The largest absolute Gasteiger partial charge is 0.462 e. The van der Waals surface area contributed by atoms with Crippen LogP contribution < -0.4 is 0 Å². The van der Waals surface area contributed by atoms with Gasteiger partial charge in [-0.25, -0.2) is 0 Å². The Morgan fingerprint density at radius 1 is 0.528 bits per heavy atom. The molecule has 0 bridgehead atoms. The minimum atomic E-state index is 0.0327. The number of carbonyl (C=O) groups excluding carboxylic acids is 2. The summed E-state index contributed by atoms with van der Waals surface area (Å²) >= 11 is 0. The van der Waals surface area contributed by atoms with Gasteiger partial charge in [-0.3, -0.25) is 9.59 Å². The zero-order chi connectivity index (χ0) is 25.7. The van der Waals surface area contributed by atoms with Gasteiger partial charge >= 0.3 is 11.9 Å². The molecule has 0 radical (unpaired) electrons. The molecule has 0 amide bonds. The Kier molecular flexibility index (Phi) is 18.1. The van der Waals surface area contributed by atoms with Crippen LogP contribution in [-0.2, 0) is 19.1 Å². The second-order valence-corrected chi connectivity index (χ2v) is 11.9. The summed E-state index contributed by atoms with van der Waals surface area (Å²) in [5, 5.41) is 0. The predicted octanol–water partition coefficient (Wildman–Crippen LogP) is 9.62. The van der Waals surface area contributed by atoms with Gasteiger partial charge in [-0.1, -0.05) is 96.8 Å². The molecule has 210 valence electrons. The highest BCUT2D eigenvalue weighted by molar-refractivity contribution is 5.69. The van der Waals surface area contributed by atoms with Crippen LogP contribution in [0.2, 0.25) is 0 Å². The van der Waals surface area contributed by atoms with Crippen molar-refractivity contribution in [2.45, 2.75) is 186 Å². The number of ether oxygens (including phenoxy) is 2. The quantitative estimate of drug-likeness (QED) is 0.122. The van der Waals surface area contributed by atoms with Crippen LogP contribution in [0.25, 0.3) is 0 Å². The van der Waals surface area contributed by atoms with Gasteiger partial charge in [0.2, 0.25) is 0 Å². The topological polar surface area (TPSA) is 52.6 Å². The van der Waals surface area contributed by atoms with Crippen molar-refractivity contribution >= 4 is 11.9 Å². The molecule has 2 fully saturated rings. The normalized spacial score (nSPS) is 17.4. The number of carbonyl (C=O) groups is 2. The van der Waals surface area contributed by atoms with Crippen molar-refractivity contribution in [2.24, 2.45) is 5.92 Å². The Morgan fingerprint density at radius 3 is 1.25 bits per heavy atom. The first kappa shape index (κ1) is 31.2. The molecule has 2 rings (SSSR count). The van der Waals surface area contributed by atoms with Crippen LogP contribution in [0.1, 0.15) is 174 Å². The molecule has 2 saturated carbocycles. The monoisotopic (exact) mass is 506 g/mol. The summed E-state index contributed by atoms with van der Waals surface area (Å²) in [7, 11) is 0. The van der Waals surface area contributed by atoms with Crippen LogP contribution in [-0.4, -0.2) is 24.1 Å². The molecule has 0 N–H and O–H groups in total. The lowest BCUT2D eigenvalue weighted by Gasteiger charge is -2.21. The number of hydrogen-bond acceptors (Lipinski definition) is 4. The maximum atomic E-state index is 11.9. The predicted molar refractivity (Wildman–Crippen MR) is 149 cm³/mol. The standard InChI is InChI=1S/C32H58O4/c1-28(20-12-6-2-4-8-18-26-31(33)35-29-22-14-10-15-23-29)21-13-7-3-5-9-19-27-32(34)36-30-24-16-11-17-25-30/h28-30H,2-27H2,1H3. The number of rotatable bonds is 20. The third-order valence-electron chi connectivity index (χ3n) is 8.36. The molecule has 4 nitrogen and oxygen atoms in total. The lowest BCUT2D eigenvalue weighted by atomic mass is 9.96. The van der Waals surface area contributed by atoms with Crippen LogP contribution in [0.4, 0.5) is 0 Å². The molecule has 36 heavy (non-hydrogen) atoms. The van der Waals surface area contributed by atoms with E-state index in [0.29, 0.717) is 12.8 Å². The summed E-state index contributed by atoms with van der Waals surface area (Å²) in [5.74, 6) is 0.907. The molecular formula is C32H58O4. The molecule has 0 saturated heterocycles. The summed E-state index contributed by atoms with van der Waals surface area (Å²) in [6, 6.07) is 0. The molecular weight excluding hydrogens is 448 g/mol. The summed E-state index contributed by atoms with van der Waals surface area (Å²) in [6.45, 7) is 2.41. The van der Waals surface area contributed by atoms with E-state index in [2.05, 4.69) is 6.92 Å². The lowest BCUT2D eigenvalue weighted by Crippen LogP contribution is -2.20. The van der Waals surface area contributed by atoms with E-state index in [1.165, 1.54) is 103 Å². The Hall–Kier alpha value is -1.06. The molecule has 0 aliphatic heterocycles. The smallest absolute Gasteiger partial charge is 0.306 e. The van der Waals surface area contributed by atoms with Gasteiger partial charge in [0, 0.05) is 12.8 Å². The first-order valence-corrected chi connectivity index (χ1v) is 16.0. The summed E-state index contributed by atoms with van der Waals surface area (Å²) in [4.78, 5) is 23.9. The Labute approximate surface area is 223 Å². The second kappa shape index (κ2) is 20.9. The van der Waals surface area contributed by atoms with Gasteiger partial charge in [0.05, 0.1) is 0 Å². The van der Waals surface area contributed by atoms with Gasteiger partial charge in [-0.15, -0.1) is 0 Å². The van der Waals surface area contributed by atoms with E-state index >= 15 is 0 Å². The Morgan fingerprint density at radius 2 is 0.861 bits per heavy atom. The van der Waals surface area contributed by atoms with E-state index in [4.69, 9.17) is 9.47 Å². The van der Waals surface area contributed by atoms with Crippen LogP contribution >= 0.6 is 0 Å². The van der Waals surface area contributed by atoms with Crippen LogP contribution in [0.5, 0.6) is 0 Å². The van der Waals surface area contributed by atoms with Gasteiger partial charge in [0.15, 0.2) is 0 Å². The molecule has 0 atom stereocenters. The molecule has 0 heterocycles. The molecule has 0 aromatic rings. The molecule has 0 unspecified atom stereocenters. The van der Waals surface area contributed by atoms with Crippen molar-refractivity contribution in [3.8, 4) is 0 Å². The molecule has 2 aliphatic rings. The molecule has 4 heteroatoms. The van der Waals surface area contributed by atoms with E-state index < -0.39 is 0 Å². The first-order valence-electron chi connectivity index (χ1n) is 16.0. The van der Waals surface area contributed by atoms with Gasteiger partial charge in [-0.05, 0) is 70.1 Å². The van der Waals surface area contributed by atoms with Crippen molar-refractivity contribution in [3.63, 3.8) is 0 Å². The zero-order valence-corrected chi connectivity index (χ0v) is 23.7. The van der Waals surface area contributed by atoms with Gasteiger partial charge in [0.25, 0.3) is 0 Å². The van der Waals surface area contributed by atoms with E-state index in [-0.39, 0.29) is 24.1 Å².